The summed E-state index contributed by atoms with van der Waals surface area (Å²) in [5.41, 5.74) is 2.61. The maximum atomic E-state index is 12.7. The number of hydrogen-bond donors (Lipinski definition) is 1. The molecule has 158 valence electrons. The molecule has 9 heteroatoms. The van der Waals surface area contributed by atoms with Crippen LogP contribution in [-0.4, -0.2) is 30.3 Å². The fourth-order valence-corrected chi connectivity index (χ4v) is 5.74. The van der Waals surface area contributed by atoms with Crippen LogP contribution in [0.25, 0.3) is 10.2 Å². The van der Waals surface area contributed by atoms with E-state index in [2.05, 4.69) is 4.72 Å². The molecule has 3 aromatic rings. The Kier molecular flexibility index (Phi) is 5.77. The highest BCUT2D eigenvalue weighted by Gasteiger charge is 2.20. The molecule has 2 aromatic carbocycles. The van der Waals surface area contributed by atoms with Crippen molar-refractivity contribution in [1.82, 2.24) is 14.2 Å². The van der Waals surface area contributed by atoms with Gasteiger partial charge in [-0.3, -0.25) is 14.2 Å². The van der Waals surface area contributed by atoms with E-state index in [9.17, 15) is 18.0 Å². The van der Waals surface area contributed by atoms with Gasteiger partial charge in [-0.15, -0.1) is 0 Å². The van der Waals surface area contributed by atoms with Gasteiger partial charge in [-0.2, -0.15) is 0 Å². The van der Waals surface area contributed by atoms with Crippen LogP contribution in [0.4, 0.5) is 0 Å². The number of aryl methyl sites for hydroxylation is 1. The Bertz CT molecular complexity index is 1240. The Morgan fingerprint density at radius 1 is 1.07 bits per heavy atom. The smallest absolute Gasteiger partial charge is 0.308 e. The summed E-state index contributed by atoms with van der Waals surface area (Å²) in [6.45, 7) is 3.97. The zero-order valence-electron chi connectivity index (χ0n) is 16.6. The van der Waals surface area contributed by atoms with Gasteiger partial charge in [-0.1, -0.05) is 35.6 Å². The van der Waals surface area contributed by atoms with Crippen molar-refractivity contribution in [1.29, 1.82) is 0 Å². The first-order valence-corrected chi connectivity index (χ1v) is 12.2. The minimum absolute atomic E-state index is 0.0919. The lowest BCUT2D eigenvalue weighted by atomic mass is 10.1. The van der Waals surface area contributed by atoms with E-state index in [1.165, 1.54) is 6.07 Å². The predicted octanol–water partition coefficient (Wildman–Crippen LogP) is 2.68. The molecule has 4 rings (SSSR count). The second-order valence-electron chi connectivity index (χ2n) is 7.30. The fourth-order valence-electron chi connectivity index (χ4n) is 3.63. The number of fused-ring (bicyclic) bond motifs is 1. The van der Waals surface area contributed by atoms with Gasteiger partial charge in [-0.25, -0.2) is 13.1 Å². The second kappa shape index (κ2) is 8.33. The van der Waals surface area contributed by atoms with Crippen LogP contribution in [0.5, 0.6) is 0 Å². The van der Waals surface area contributed by atoms with Crippen molar-refractivity contribution in [3.05, 3.63) is 63.3 Å². The Labute approximate surface area is 179 Å². The molecular weight excluding hydrogens is 422 g/mol. The van der Waals surface area contributed by atoms with Crippen molar-refractivity contribution in [3.63, 3.8) is 0 Å². The number of carbonyl (C=O) groups excluding carboxylic acids is 1. The lowest BCUT2D eigenvalue weighted by Crippen LogP contribution is -2.24. The van der Waals surface area contributed by atoms with Crippen LogP contribution < -0.4 is 9.60 Å². The van der Waals surface area contributed by atoms with Gasteiger partial charge in [0.05, 0.1) is 15.1 Å². The van der Waals surface area contributed by atoms with Gasteiger partial charge in [0.1, 0.15) is 0 Å². The van der Waals surface area contributed by atoms with Crippen LogP contribution >= 0.6 is 11.3 Å². The third-order valence-corrected chi connectivity index (χ3v) is 7.64. The number of nitrogens with one attached hydrogen (secondary N) is 1. The average Bonchev–Trinajstić information content (AvgIpc) is 3.28. The Morgan fingerprint density at radius 2 is 1.80 bits per heavy atom. The van der Waals surface area contributed by atoms with E-state index < -0.39 is 10.0 Å². The SMILES string of the molecule is CCn1c(=O)sc2cc(S(=O)(=O)NCc3ccc(CN4CCCC4=O)cc3)ccc21. The molecule has 1 aliphatic rings. The average molecular weight is 446 g/mol. The number of rotatable bonds is 7. The molecule has 1 saturated heterocycles. The van der Waals surface area contributed by atoms with Crippen molar-refractivity contribution in [3.8, 4) is 0 Å². The van der Waals surface area contributed by atoms with Crippen molar-refractivity contribution < 1.29 is 13.2 Å². The molecule has 0 bridgehead atoms. The van der Waals surface area contributed by atoms with Gasteiger partial charge < -0.3 is 4.90 Å². The first-order valence-electron chi connectivity index (χ1n) is 9.86. The molecule has 0 radical (unpaired) electrons. The van der Waals surface area contributed by atoms with Crippen LogP contribution in [0.3, 0.4) is 0 Å². The van der Waals surface area contributed by atoms with Crippen molar-refractivity contribution in [2.75, 3.05) is 6.54 Å². The second-order valence-corrected chi connectivity index (χ2v) is 10.1. The highest BCUT2D eigenvalue weighted by atomic mass is 32.2. The topological polar surface area (TPSA) is 88.5 Å². The van der Waals surface area contributed by atoms with E-state index in [4.69, 9.17) is 0 Å². The van der Waals surface area contributed by atoms with Crippen LogP contribution in [0.1, 0.15) is 30.9 Å². The zero-order valence-corrected chi connectivity index (χ0v) is 18.3. The number of thiazole rings is 1. The van der Waals surface area contributed by atoms with Gasteiger partial charge >= 0.3 is 4.87 Å². The van der Waals surface area contributed by atoms with Crippen LogP contribution in [-0.2, 0) is 34.5 Å². The first-order chi connectivity index (χ1) is 14.4. The standard InChI is InChI=1S/C21H23N3O4S2/c1-2-24-18-10-9-17(12-19(18)29-21(24)26)30(27,28)22-13-15-5-7-16(8-6-15)14-23-11-3-4-20(23)25/h5-10,12,22H,2-4,11,13-14H2,1H3. The molecule has 1 aromatic heterocycles. The van der Waals surface area contributed by atoms with E-state index in [1.54, 1.807) is 16.7 Å². The number of carbonyl (C=O) groups is 1. The monoisotopic (exact) mass is 445 g/mol. The molecule has 30 heavy (non-hydrogen) atoms. The number of benzene rings is 2. The zero-order chi connectivity index (χ0) is 21.3. The fraction of sp³-hybridized carbons (Fsp3) is 0.333. The third kappa shape index (κ3) is 4.19. The van der Waals surface area contributed by atoms with E-state index in [-0.39, 0.29) is 22.2 Å². The van der Waals surface area contributed by atoms with Gasteiger partial charge in [0.2, 0.25) is 15.9 Å². The summed E-state index contributed by atoms with van der Waals surface area (Å²) in [6.07, 6.45) is 1.52. The van der Waals surface area contributed by atoms with Gasteiger partial charge in [-0.05, 0) is 42.7 Å². The number of amides is 1. The van der Waals surface area contributed by atoms with Crippen molar-refractivity contribution in [2.24, 2.45) is 0 Å². The van der Waals surface area contributed by atoms with E-state index in [0.717, 1.165) is 40.9 Å². The highest BCUT2D eigenvalue weighted by molar-refractivity contribution is 7.89. The maximum absolute atomic E-state index is 12.7. The highest BCUT2D eigenvalue weighted by Crippen LogP contribution is 2.22. The normalized spacial score (nSPS) is 14.7. The van der Waals surface area contributed by atoms with E-state index in [0.29, 0.717) is 24.2 Å². The van der Waals surface area contributed by atoms with Crippen LogP contribution in [0.2, 0.25) is 0 Å². The molecule has 0 spiro atoms. The lowest BCUT2D eigenvalue weighted by Gasteiger charge is -2.15. The summed E-state index contributed by atoms with van der Waals surface area (Å²) in [4.78, 5) is 25.6. The molecule has 1 fully saturated rings. The molecule has 0 unspecified atom stereocenters. The quantitative estimate of drug-likeness (QED) is 0.606. The first kappa shape index (κ1) is 20.8. The van der Waals surface area contributed by atoms with Gasteiger partial charge in [0.25, 0.3) is 0 Å². The summed E-state index contributed by atoms with van der Waals surface area (Å²) in [7, 11) is -3.70. The van der Waals surface area contributed by atoms with Gasteiger partial charge in [0.15, 0.2) is 0 Å². The third-order valence-electron chi connectivity index (χ3n) is 5.30. The van der Waals surface area contributed by atoms with Crippen molar-refractivity contribution in [2.45, 2.75) is 44.3 Å². The molecule has 7 nitrogen and oxygen atoms in total. The Balaban J connectivity index is 1.44. The summed E-state index contributed by atoms with van der Waals surface area (Å²) < 4.78 is 30.3. The molecule has 0 saturated carbocycles. The van der Waals surface area contributed by atoms with Gasteiger partial charge in [0, 0.05) is 32.6 Å². The summed E-state index contributed by atoms with van der Waals surface area (Å²) in [6, 6.07) is 12.3. The Hall–Kier alpha value is -2.49. The number of nitrogens with zero attached hydrogens (tertiary/aromatic N) is 2. The summed E-state index contributed by atoms with van der Waals surface area (Å²) in [5.74, 6) is 0.183. The molecule has 1 N–H and O–H groups in total. The number of likely N-dealkylation sites (tertiary alicyclic amines) is 1. The molecular formula is C21H23N3O4S2. The number of hydrogen-bond acceptors (Lipinski definition) is 5. The van der Waals surface area contributed by atoms with Crippen LogP contribution in [0.15, 0.2) is 52.2 Å². The molecule has 0 aliphatic carbocycles. The molecule has 2 heterocycles. The van der Waals surface area contributed by atoms with E-state index >= 15 is 0 Å². The molecule has 1 amide bonds. The maximum Gasteiger partial charge on any atom is 0.308 e. The summed E-state index contributed by atoms with van der Waals surface area (Å²) in [5, 5.41) is 0. The Morgan fingerprint density at radius 3 is 2.47 bits per heavy atom. The van der Waals surface area contributed by atoms with E-state index in [1.807, 2.05) is 36.1 Å². The predicted molar refractivity (Wildman–Crippen MR) is 117 cm³/mol. The molecule has 0 atom stereocenters. The minimum atomic E-state index is -3.70. The molecule has 1 aliphatic heterocycles. The van der Waals surface area contributed by atoms with Crippen LogP contribution in [0, 0.1) is 0 Å². The minimum Gasteiger partial charge on any atom is -0.338 e. The summed E-state index contributed by atoms with van der Waals surface area (Å²) >= 11 is 1.05. The lowest BCUT2D eigenvalue weighted by molar-refractivity contribution is -0.128. The number of sulfonamides is 1. The van der Waals surface area contributed by atoms with Crippen molar-refractivity contribution >= 4 is 37.5 Å². The largest absolute Gasteiger partial charge is 0.338 e. The number of aromatic nitrogens is 1.